The Bertz CT molecular complexity index is 342. The van der Waals surface area contributed by atoms with Crippen molar-refractivity contribution in [2.75, 3.05) is 0 Å². The molecule has 0 aliphatic rings. The Labute approximate surface area is 87.3 Å². The highest BCUT2D eigenvalue weighted by Crippen LogP contribution is 2.23. The van der Waals surface area contributed by atoms with E-state index in [1.807, 2.05) is 6.07 Å². The van der Waals surface area contributed by atoms with Crippen molar-refractivity contribution in [1.82, 2.24) is 0 Å². The second-order valence-electron chi connectivity index (χ2n) is 3.35. The predicted octanol–water partition coefficient (Wildman–Crippen LogP) is 3.20. The lowest BCUT2D eigenvalue weighted by Gasteiger charge is -2.09. The van der Waals surface area contributed by atoms with Crippen LogP contribution in [0, 0.1) is 13.8 Å². The van der Waals surface area contributed by atoms with E-state index in [4.69, 9.17) is 0 Å². The molecule has 0 aliphatic heterocycles. The number of hydrogen-bond donors (Lipinski definition) is 0. The molecule has 0 N–H and O–H groups in total. The first-order chi connectivity index (χ1) is 6.02. The smallest absolute Gasteiger partial charge is 0.134 e. The minimum Gasteiger partial charge on any atom is -0.300 e. The number of aryl methyl sites for hydroxylation is 1. The molecule has 0 radical (unpaired) electrons. The van der Waals surface area contributed by atoms with Gasteiger partial charge < -0.3 is 0 Å². The van der Waals surface area contributed by atoms with Gasteiger partial charge in [0, 0.05) is 10.9 Å². The molecule has 0 bridgehead atoms. The van der Waals surface area contributed by atoms with E-state index in [1.165, 1.54) is 11.1 Å². The normalized spacial score (nSPS) is 10.2. The summed E-state index contributed by atoms with van der Waals surface area (Å²) in [6.07, 6.45) is 0.522. The van der Waals surface area contributed by atoms with Gasteiger partial charge in [-0.15, -0.1) is 0 Å². The van der Waals surface area contributed by atoms with Crippen molar-refractivity contribution in [2.45, 2.75) is 27.2 Å². The second-order valence-corrected chi connectivity index (χ2v) is 4.20. The van der Waals surface area contributed by atoms with E-state index < -0.39 is 0 Å². The van der Waals surface area contributed by atoms with E-state index in [9.17, 15) is 4.79 Å². The van der Waals surface area contributed by atoms with Gasteiger partial charge in [0.2, 0.25) is 0 Å². The summed E-state index contributed by atoms with van der Waals surface area (Å²) >= 11 is 3.46. The fraction of sp³-hybridized carbons (Fsp3) is 0.364. The van der Waals surface area contributed by atoms with Crippen LogP contribution in [0.2, 0.25) is 0 Å². The molecule has 70 valence electrons. The SMILES string of the molecule is CC(=O)Cc1c(Br)ccc(C)c1C. The standard InChI is InChI=1S/C11H13BrO/c1-7-4-5-11(12)10(9(7)3)6-8(2)13/h4-5H,6H2,1-3H3. The third kappa shape index (κ3) is 2.41. The van der Waals surface area contributed by atoms with Crippen molar-refractivity contribution in [3.8, 4) is 0 Å². The van der Waals surface area contributed by atoms with Crippen molar-refractivity contribution < 1.29 is 4.79 Å². The summed E-state index contributed by atoms with van der Waals surface area (Å²) in [4.78, 5) is 11.0. The molecule has 0 heterocycles. The summed E-state index contributed by atoms with van der Waals surface area (Å²) in [7, 11) is 0. The first-order valence-corrected chi connectivity index (χ1v) is 5.05. The topological polar surface area (TPSA) is 17.1 Å². The molecule has 0 unspecified atom stereocenters. The van der Waals surface area contributed by atoms with Gasteiger partial charge in [0.1, 0.15) is 5.78 Å². The molecular formula is C11H13BrO. The Morgan fingerprint density at radius 3 is 2.54 bits per heavy atom. The van der Waals surface area contributed by atoms with Gasteiger partial charge in [-0.25, -0.2) is 0 Å². The quantitative estimate of drug-likeness (QED) is 0.777. The maximum atomic E-state index is 11.0. The summed E-state index contributed by atoms with van der Waals surface area (Å²) < 4.78 is 1.03. The van der Waals surface area contributed by atoms with E-state index in [2.05, 4.69) is 35.8 Å². The maximum absolute atomic E-state index is 11.0. The van der Waals surface area contributed by atoms with Gasteiger partial charge in [0.25, 0.3) is 0 Å². The van der Waals surface area contributed by atoms with Crippen LogP contribution >= 0.6 is 15.9 Å². The van der Waals surface area contributed by atoms with Crippen molar-refractivity contribution >= 4 is 21.7 Å². The lowest BCUT2D eigenvalue weighted by Crippen LogP contribution is -2.01. The van der Waals surface area contributed by atoms with Crippen molar-refractivity contribution in [1.29, 1.82) is 0 Å². The van der Waals surface area contributed by atoms with Crippen LogP contribution in [0.4, 0.5) is 0 Å². The second kappa shape index (κ2) is 4.05. The average molecular weight is 241 g/mol. The molecular weight excluding hydrogens is 228 g/mol. The Kier molecular flexibility index (Phi) is 3.26. The van der Waals surface area contributed by atoms with E-state index in [0.29, 0.717) is 6.42 Å². The number of benzene rings is 1. The third-order valence-electron chi connectivity index (χ3n) is 2.24. The van der Waals surface area contributed by atoms with Crippen LogP contribution in [0.3, 0.4) is 0 Å². The van der Waals surface area contributed by atoms with Crippen LogP contribution < -0.4 is 0 Å². The van der Waals surface area contributed by atoms with E-state index in [1.54, 1.807) is 6.92 Å². The average Bonchev–Trinajstić information content (AvgIpc) is 2.05. The highest BCUT2D eigenvalue weighted by Gasteiger charge is 2.07. The van der Waals surface area contributed by atoms with Crippen molar-refractivity contribution in [2.24, 2.45) is 0 Å². The summed E-state index contributed by atoms with van der Waals surface area (Å²) in [5, 5.41) is 0. The first kappa shape index (κ1) is 10.5. The highest BCUT2D eigenvalue weighted by atomic mass is 79.9. The molecule has 0 aromatic heterocycles. The molecule has 0 fully saturated rings. The third-order valence-corrected chi connectivity index (χ3v) is 2.98. The zero-order valence-corrected chi connectivity index (χ0v) is 9.73. The molecule has 0 saturated carbocycles. The van der Waals surface area contributed by atoms with Crippen LogP contribution in [0.15, 0.2) is 16.6 Å². The van der Waals surface area contributed by atoms with Crippen LogP contribution in [-0.2, 0) is 11.2 Å². The predicted molar refractivity (Wildman–Crippen MR) is 58.0 cm³/mol. The molecule has 0 aliphatic carbocycles. The molecule has 0 spiro atoms. The van der Waals surface area contributed by atoms with Crippen molar-refractivity contribution in [3.05, 3.63) is 33.3 Å². The van der Waals surface area contributed by atoms with Gasteiger partial charge in [0.15, 0.2) is 0 Å². The summed E-state index contributed by atoms with van der Waals surface area (Å²) in [6, 6.07) is 4.06. The molecule has 0 saturated heterocycles. The number of carbonyl (C=O) groups is 1. The van der Waals surface area contributed by atoms with Crippen LogP contribution in [0.25, 0.3) is 0 Å². The number of ketones is 1. The molecule has 0 amide bonds. The van der Waals surface area contributed by atoms with Crippen LogP contribution in [0.5, 0.6) is 0 Å². The van der Waals surface area contributed by atoms with Gasteiger partial charge in [-0.1, -0.05) is 22.0 Å². The van der Waals surface area contributed by atoms with Gasteiger partial charge in [-0.2, -0.15) is 0 Å². The Morgan fingerprint density at radius 2 is 2.00 bits per heavy atom. The molecule has 1 rings (SSSR count). The lowest BCUT2D eigenvalue weighted by molar-refractivity contribution is -0.116. The first-order valence-electron chi connectivity index (χ1n) is 4.26. The largest absolute Gasteiger partial charge is 0.300 e. The van der Waals surface area contributed by atoms with E-state index in [-0.39, 0.29) is 5.78 Å². The van der Waals surface area contributed by atoms with E-state index in [0.717, 1.165) is 10.0 Å². The fourth-order valence-corrected chi connectivity index (χ4v) is 1.88. The zero-order chi connectivity index (χ0) is 10.0. The fourth-order valence-electron chi connectivity index (χ4n) is 1.31. The number of halogens is 1. The summed E-state index contributed by atoms with van der Waals surface area (Å²) in [5.41, 5.74) is 3.57. The monoisotopic (exact) mass is 240 g/mol. The number of Topliss-reactive ketones (excluding diaryl/α,β-unsaturated/α-hetero) is 1. The maximum Gasteiger partial charge on any atom is 0.134 e. The van der Waals surface area contributed by atoms with Gasteiger partial charge in [0.05, 0.1) is 0 Å². The minimum absolute atomic E-state index is 0.203. The number of hydrogen-bond acceptors (Lipinski definition) is 1. The number of rotatable bonds is 2. The van der Waals surface area contributed by atoms with Crippen LogP contribution in [-0.4, -0.2) is 5.78 Å². The Balaban J connectivity index is 3.17. The van der Waals surface area contributed by atoms with E-state index >= 15 is 0 Å². The summed E-state index contributed by atoms with van der Waals surface area (Å²) in [6.45, 7) is 5.73. The molecule has 1 aromatic rings. The van der Waals surface area contributed by atoms with Crippen LogP contribution in [0.1, 0.15) is 23.6 Å². The zero-order valence-electron chi connectivity index (χ0n) is 8.15. The molecule has 2 heteroatoms. The Hall–Kier alpha value is -0.630. The minimum atomic E-state index is 0.203. The number of carbonyl (C=O) groups excluding carboxylic acids is 1. The van der Waals surface area contributed by atoms with Crippen molar-refractivity contribution in [3.63, 3.8) is 0 Å². The highest BCUT2D eigenvalue weighted by molar-refractivity contribution is 9.10. The lowest BCUT2D eigenvalue weighted by atomic mass is 10.00. The summed E-state index contributed by atoms with van der Waals surface area (Å²) in [5.74, 6) is 0.203. The molecule has 13 heavy (non-hydrogen) atoms. The van der Waals surface area contributed by atoms with Gasteiger partial charge in [-0.3, -0.25) is 4.79 Å². The molecule has 1 aromatic carbocycles. The molecule has 1 nitrogen and oxygen atoms in total. The van der Waals surface area contributed by atoms with Gasteiger partial charge in [-0.05, 0) is 43.5 Å². The van der Waals surface area contributed by atoms with Gasteiger partial charge >= 0.3 is 0 Å². The Morgan fingerprint density at radius 1 is 1.38 bits per heavy atom. The molecule has 0 atom stereocenters.